The third-order valence-electron chi connectivity index (χ3n) is 4.26. The van der Waals surface area contributed by atoms with Crippen LogP contribution in [0.2, 0.25) is 0 Å². The van der Waals surface area contributed by atoms with Gasteiger partial charge in [-0.2, -0.15) is 0 Å². The van der Waals surface area contributed by atoms with Crippen LogP contribution < -0.4 is 0 Å². The summed E-state index contributed by atoms with van der Waals surface area (Å²) in [5.74, 6) is 0. The van der Waals surface area contributed by atoms with Crippen molar-refractivity contribution in [2.24, 2.45) is 10.8 Å². The van der Waals surface area contributed by atoms with E-state index in [1.165, 1.54) is 11.1 Å². The average molecular weight is 228 g/mol. The van der Waals surface area contributed by atoms with Gasteiger partial charge in [0.25, 0.3) is 0 Å². The summed E-state index contributed by atoms with van der Waals surface area (Å²) in [6, 6.07) is 8.82. The summed E-state index contributed by atoms with van der Waals surface area (Å²) in [7, 11) is 0. The summed E-state index contributed by atoms with van der Waals surface area (Å²) in [6.07, 6.45) is 4.73. The van der Waals surface area contributed by atoms with Crippen molar-refractivity contribution in [2.45, 2.75) is 47.0 Å². The Morgan fingerprint density at radius 1 is 0.824 bits per heavy atom. The number of rotatable bonds is 0. The Morgan fingerprint density at radius 2 is 1.35 bits per heavy atom. The van der Waals surface area contributed by atoms with Gasteiger partial charge in [-0.3, -0.25) is 0 Å². The second-order valence-electron chi connectivity index (χ2n) is 7.23. The standard InChI is InChI=1S/C17H24/c1-15(2,3)17(16(4,5)6)12-11-13-9-7-8-10-14(13)17/h7-12H,1-6H3. The number of benzene rings is 1. The Morgan fingerprint density at radius 3 is 1.88 bits per heavy atom. The molecule has 2 rings (SSSR count). The van der Waals surface area contributed by atoms with Gasteiger partial charge >= 0.3 is 0 Å². The SMILES string of the molecule is CC(C)(C)C1(C(C)(C)C)C=Cc2ccccc21. The molecule has 0 bridgehead atoms. The molecule has 0 aliphatic heterocycles. The predicted octanol–water partition coefficient (Wildman–Crippen LogP) is 5.04. The second kappa shape index (κ2) is 3.48. The van der Waals surface area contributed by atoms with Crippen LogP contribution in [0.4, 0.5) is 0 Å². The normalized spacial score (nSPS) is 18.2. The van der Waals surface area contributed by atoms with Crippen LogP contribution >= 0.6 is 0 Å². The van der Waals surface area contributed by atoms with Crippen molar-refractivity contribution in [3.05, 3.63) is 41.5 Å². The average Bonchev–Trinajstić information content (AvgIpc) is 2.55. The molecule has 0 saturated heterocycles. The maximum Gasteiger partial charge on any atom is 0.0238 e. The van der Waals surface area contributed by atoms with Crippen molar-refractivity contribution in [3.8, 4) is 0 Å². The van der Waals surface area contributed by atoms with E-state index in [1.54, 1.807) is 0 Å². The molecule has 0 radical (unpaired) electrons. The van der Waals surface area contributed by atoms with E-state index >= 15 is 0 Å². The zero-order chi connectivity index (χ0) is 12.9. The highest BCUT2D eigenvalue weighted by Crippen LogP contribution is 2.57. The first-order valence-corrected chi connectivity index (χ1v) is 6.49. The lowest BCUT2D eigenvalue weighted by Crippen LogP contribution is -2.47. The third kappa shape index (κ3) is 1.57. The van der Waals surface area contributed by atoms with Crippen molar-refractivity contribution < 1.29 is 0 Å². The van der Waals surface area contributed by atoms with E-state index in [0.717, 1.165) is 0 Å². The lowest BCUT2D eigenvalue weighted by molar-refractivity contribution is 0.102. The van der Waals surface area contributed by atoms with Gasteiger partial charge in [0, 0.05) is 5.41 Å². The van der Waals surface area contributed by atoms with Crippen LogP contribution in [0.3, 0.4) is 0 Å². The molecule has 0 aromatic heterocycles. The van der Waals surface area contributed by atoms with Crippen LogP contribution in [0, 0.1) is 10.8 Å². The van der Waals surface area contributed by atoms with Crippen LogP contribution in [-0.2, 0) is 5.41 Å². The molecular formula is C17H24. The molecule has 0 nitrogen and oxygen atoms in total. The lowest BCUT2D eigenvalue weighted by atomic mass is 9.52. The van der Waals surface area contributed by atoms with Crippen LogP contribution in [0.1, 0.15) is 52.7 Å². The first-order valence-electron chi connectivity index (χ1n) is 6.49. The van der Waals surface area contributed by atoms with Gasteiger partial charge in [0.1, 0.15) is 0 Å². The van der Waals surface area contributed by atoms with E-state index < -0.39 is 0 Å². The topological polar surface area (TPSA) is 0 Å². The highest BCUT2D eigenvalue weighted by atomic mass is 14.5. The third-order valence-corrected chi connectivity index (χ3v) is 4.26. The summed E-state index contributed by atoms with van der Waals surface area (Å²) < 4.78 is 0. The molecule has 1 aromatic rings. The minimum Gasteiger partial charge on any atom is -0.0723 e. The van der Waals surface area contributed by atoms with Gasteiger partial charge < -0.3 is 0 Å². The van der Waals surface area contributed by atoms with E-state index in [2.05, 4.69) is 78.0 Å². The molecule has 0 unspecified atom stereocenters. The fourth-order valence-corrected chi connectivity index (χ4v) is 3.74. The van der Waals surface area contributed by atoms with E-state index in [0.29, 0.717) is 0 Å². The molecule has 92 valence electrons. The van der Waals surface area contributed by atoms with Crippen LogP contribution in [0.25, 0.3) is 6.08 Å². The van der Waals surface area contributed by atoms with Crippen molar-refractivity contribution in [1.29, 1.82) is 0 Å². The van der Waals surface area contributed by atoms with E-state index in [9.17, 15) is 0 Å². The van der Waals surface area contributed by atoms with Crippen LogP contribution in [0.15, 0.2) is 30.3 Å². The molecule has 0 heterocycles. The smallest absolute Gasteiger partial charge is 0.0238 e. The lowest BCUT2D eigenvalue weighted by Gasteiger charge is -2.51. The Hall–Kier alpha value is -1.04. The minimum atomic E-state index is 0.122. The minimum absolute atomic E-state index is 0.122. The molecule has 0 atom stereocenters. The Bertz CT molecular complexity index is 436. The summed E-state index contributed by atoms with van der Waals surface area (Å²) in [4.78, 5) is 0. The molecule has 0 N–H and O–H groups in total. The molecule has 17 heavy (non-hydrogen) atoms. The van der Waals surface area contributed by atoms with Gasteiger partial charge in [0.15, 0.2) is 0 Å². The molecule has 0 fully saturated rings. The molecule has 1 aromatic carbocycles. The highest BCUT2D eigenvalue weighted by Gasteiger charge is 2.52. The van der Waals surface area contributed by atoms with Crippen molar-refractivity contribution in [1.82, 2.24) is 0 Å². The van der Waals surface area contributed by atoms with Crippen LogP contribution in [0.5, 0.6) is 0 Å². The maximum absolute atomic E-state index is 2.43. The Balaban J connectivity index is 2.73. The van der Waals surface area contributed by atoms with Crippen molar-refractivity contribution in [3.63, 3.8) is 0 Å². The Labute approximate surface area is 106 Å². The van der Waals surface area contributed by atoms with Crippen molar-refractivity contribution in [2.75, 3.05) is 0 Å². The molecule has 0 heteroatoms. The maximum atomic E-state index is 2.43. The monoisotopic (exact) mass is 228 g/mol. The van der Waals surface area contributed by atoms with E-state index in [1.807, 2.05) is 0 Å². The predicted molar refractivity (Wildman–Crippen MR) is 76.1 cm³/mol. The zero-order valence-electron chi connectivity index (χ0n) is 12.0. The van der Waals surface area contributed by atoms with Gasteiger partial charge in [-0.25, -0.2) is 0 Å². The summed E-state index contributed by atoms with van der Waals surface area (Å²) in [5, 5.41) is 0. The largest absolute Gasteiger partial charge is 0.0723 e. The number of hydrogen-bond acceptors (Lipinski definition) is 0. The molecule has 0 amide bonds. The van der Waals surface area contributed by atoms with E-state index in [-0.39, 0.29) is 16.2 Å². The first kappa shape index (κ1) is 12.4. The van der Waals surface area contributed by atoms with Gasteiger partial charge in [-0.05, 0) is 22.0 Å². The Kier molecular flexibility index (Phi) is 2.54. The highest BCUT2D eigenvalue weighted by molar-refractivity contribution is 5.66. The molecule has 0 spiro atoms. The molecule has 0 saturated carbocycles. The van der Waals surface area contributed by atoms with Gasteiger partial charge in [-0.1, -0.05) is 78.0 Å². The second-order valence-corrected chi connectivity index (χ2v) is 7.23. The number of hydrogen-bond donors (Lipinski definition) is 0. The number of fused-ring (bicyclic) bond motifs is 1. The van der Waals surface area contributed by atoms with Gasteiger partial charge in [0.2, 0.25) is 0 Å². The van der Waals surface area contributed by atoms with E-state index in [4.69, 9.17) is 0 Å². The van der Waals surface area contributed by atoms with Gasteiger partial charge in [0.05, 0.1) is 0 Å². The quantitative estimate of drug-likeness (QED) is 0.583. The molecule has 1 aliphatic rings. The van der Waals surface area contributed by atoms with Gasteiger partial charge in [-0.15, -0.1) is 0 Å². The fourth-order valence-electron chi connectivity index (χ4n) is 3.74. The molecular weight excluding hydrogens is 204 g/mol. The number of allylic oxidation sites excluding steroid dienone is 1. The summed E-state index contributed by atoms with van der Waals surface area (Å²) >= 11 is 0. The molecule has 1 aliphatic carbocycles. The fraction of sp³-hybridized carbons (Fsp3) is 0.529. The first-order chi connectivity index (χ1) is 7.70. The summed E-state index contributed by atoms with van der Waals surface area (Å²) in [6.45, 7) is 14.1. The van der Waals surface area contributed by atoms with Crippen LogP contribution in [-0.4, -0.2) is 0 Å². The summed E-state index contributed by atoms with van der Waals surface area (Å²) in [5.41, 5.74) is 3.43. The zero-order valence-corrected chi connectivity index (χ0v) is 12.0. The van der Waals surface area contributed by atoms with Crippen molar-refractivity contribution >= 4 is 6.08 Å².